The average Bonchev–Trinajstić information content (AvgIpc) is 3.90. The van der Waals surface area contributed by atoms with Gasteiger partial charge in [-0.3, -0.25) is 0 Å². The van der Waals surface area contributed by atoms with E-state index in [0.29, 0.717) is 0 Å². The van der Waals surface area contributed by atoms with Crippen molar-refractivity contribution in [3.05, 3.63) is 278 Å². The summed E-state index contributed by atoms with van der Waals surface area (Å²) in [4.78, 5) is 2.39. The molecular formula is C69H49FN2. The van der Waals surface area contributed by atoms with Crippen LogP contribution in [0.3, 0.4) is 0 Å². The Hall–Kier alpha value is -9.05. The molecule has 0 radical (unpaired) electrons. The van der Waals surface area contributed by atoms with Gasteiger partial charge in [0.25, 0.3) is 0 Å². The van der Waals surface area contributed by atoms with E-state index in [1.54, 1.807) is 12.1 Å². The number of rotatable bonds is 9. The third kappa shape index (κ3) is 7.24. The van der Waals surface area contributed by atoms with Crippen molar-refractivity contribution in [1.29, 1.82) is 0 Å². The van der Waals surface area contributed by atoms with Crippen LogP contribution in [0.5, 0.6) is 0 Å². The SMILES string of the molecule is CC1(C)c2cc(-c3cc4c(-c5ccccc5)c(-c5ccccc5)n(-c5ccc(F)cc5)c4c4ccccc34)ccc2-c2ccc(N(c3ccc(-c4ccccc4)cc3)c3ccc(-c4ccccc4)cc3)cc21. The van der Waals surface area contributed by atoms with Crippen LogP contribution in [-0.4, -0.2) is 4.57 Å². The summed E-state index contributed by atoms with van der Waals surface area (Å²) in [6.07, 6.45) is 0. The van der Waals surface area contributed by atoms with Crippen molar-refractivity contribution in [1.82, 2.24) is 4.57 Å². The third-order valence-electron chi connectivity index (χ3n) is 14.9. The minimum atomic E-state index is -0.307. The summed E-state index contributed by atoms with van der Waals surface area (Å²) in [5.74, 6) is -0.259. The standard InChI is InChI=1S/C69H49FN2/c1-69(2)64-43-52(62-45-63-66(50-21-11-5-12-22-50)67(51-23-13-6-14-24-51)72(56-38-32-53(70)33-39-56)68(63)61-26-16-15-25-58(61)62)31-41-59(64)60-42-40-57(44-65(60)69)71(54-34-27-48(28-35-54)46-17-7-3-8-18-46)55-36-29-49(30-37-55)47-19-9-4-10-20-47/h3-45H,1-2H3. The van der Waals surface area contributed by atoms with E-state index in [9.17, 15) is 4.39 Å². The molecule has 0 N–H and O–H groups in total. The molecule has 72 heavy (non-hydrogen) atoms. The summed E-state index contributed by atoms with van der Waals surface area (Å²) >= 11 is 0. The number of hydrogen-bond acceptors (Lipinski definition) is 1. The fraction of sp³-hybridized carbons (Fsp3) is 0.0435. The van der Waals surface area contributed by atoms with Crippen LogP contribution in [0, 0.1) is 5.82 Å². The molecule has 0 unspecified atom stereocenters. The Kier molecular flexibility index (Phi) is 10.4. The number of hydrogen-bond donors (Lipinski definition) is 0. The van der Waals surface area contributed by atoms with Gasteiger partial charge in [-0.1, -0.05) is 202 Å². The van der Waals surface area contributed by atoms with Crippen LogP contribution in [0.4, 0.5) is 21.5 Å². The van der Waals surface area contributed by atoms with E-state index in [4.69, 9.17) is 0 Å². The third-order valence-corrected chi connectivity index (χ3v) is 14.9. The van der Waals surface area contributed by atoms with Gasteiger partial charge in [0, 0.05) is 44.5 Å². The van der Waals surface area contributed by atoms with Crippen LogP contribution in [0.15, 0.2) is 261 Å². The van der Waals surface area contributed by atoms with Crippen molar-refractivity contribution in [2.45, 2.75) is 19.3 Å². The first-order chi connectivity index (χ1) is 35.4. The summed E-state index contributed by atoms with van der Waals surface area (Å²) in [6, 6.07) is 92.6. The van der Waals surface area contributed by atoms with E-state index in [0.717, 1.165) is 66.8 Å². The highest BCUT2D eigenvalue weighted by Gasteiger charge is 2.37. The summed E-state index contributed by atoms with van der Waals surface area (Å²) in [6.45, 7) is 4.76. The Labute approximate surface area is 420 Å². The monoisotopic (exact) mass is 924 g/mol. The molecule has 0 bridgehead atoms. The van der Waals surface area contributed by atoms with Gasteiger partial charge in [-0.05, 0) is 145 Å². The van der Waals surface area contributed by atoms with Crippen molar-refractivity contribution < 1.29 is 4.39 Å². The van der Waals surface area contributed by atoms with Crippen LogP contribution < -0.4 is 4.90 Å². The van der Waals surface area contributed by atoms with Crippen molar-refractivity contribution in [2.24, 2.45) is 0 Å². The summed E-state index contributed by atoms with van der Waals surface area (Å²) in [5, 5.41) is 3.43. The zero-order valence-electron chi connectivity index (χ0n) is 40.1. The molecule has 12 aromatic rings. The number of halogens is 1. The van der Waals surface area contributed by atoms with Crippen LogP contribution in [0.25, 0.3) is 94.3 Å². The lowest BCUT2D eigenvalue weighted by atomic mass is 9.81. The highest BCUT2D eigenvalue weighted by Crippen LogP contribution is 2.53. The largest absolute Gasteiger partial charge is 0.310 e. The molecule has 0 saturated carbocycles. The average molecular weight is 925 g/mol. The second kappa shape index (κ2) is 17.4. The van der Waals surface area contributed by atoms with Gasteiger partial charge in [0.05, 0.1) is 11.2 Å². The Balaban J connectivity index is 0.960. The van der Waals surface area contributed by atoms with E-state index in [-0.39, 0.29) is 11.2 Å². The molecule has 342 valence electrons. The molecule has 0 aliphatic heterocycles. The summed E-state index contributed by atoms with van der Waals surface area (Å²) in [7, 11) is 0. The predicted octanol–water partition coefficient (Wildman–Crippen LogP) is 19.0. The molecular weight excluding hydrogens is 876 g/mol. The summed E-state index contributed by atoms with van der Waals surface area (Å²) < 4.78 is 17.0. The fourth-order valence-corrected chi connectivity index (χ4v) is 11.3. The quantitative estimate of drug-likeness (QED) is 0.140. The molecule has 0 fully saturated rings. The van der Waals surface area contributed by atoms with Gasteiger partial charge in [0.15, 0.2) is 0 Å². The second-order valence-corrected chi connectivity index (χ2v) is 19.4. The number of aromatic nitrogens is 1. The molecule has 0 saturated heterocycles. The number of fused-ring (bicyclic) bond motifs is 6. The molecule has 0 atom stereocenters. The highest BCUT2D eigenvalue weighted by molar-refractivity contribution is 6.20. The van der Waals surface area contributed by atoms with Crippen LogP contribution in [0.2, 0.25) is 0 Å². The maximum atomic E-state index is 14.6. The van der Waals surface area contributed by atoms with E-state index in [2.05, 4.69) is 260 Å². The van der Waals surface area contributed by atoms with Gasteiger partial charge >= 0.3 is 0 Å². The number of benzene rings is 11. The van der Waals surface area contributed by atoms with E-state index in [1.165, 1.54) is 55.6 Å². The van der Waals surface area contributed by atoms with Crippen molar-refractivity contribution in [2.75, 3.05) is 4.90 Å². The molecule has 1 aliphatic rings. The predicted molar refractivity (Wildman–Crippen MR) is 300 cm³/mol. The molecule has 1 aliphatic carbocycles. The maximum Gasteiger partial charge on any atom is 0.123 e. The van der Waals surface area contributed by atoms with E-state index >= 15 is 0 Å². The van der Waals surface area contributed by atoms with Crippen LogP contribution in [0.1, 0.15) is 25.0 Å². The van der Waals surface area contributed by atoms with Crippen LogP contribution in [-0.2, 0) is 5.41 Å². The Morgan fingerprint density at radius 1 is 0.347 bits per heavy atom. The van der Waals surface area contributed by atoms with Gasteiger partial charge in [-0.25, -0.2) is 4.39 Å². The summed E-state index contributed by atoms with van der Waals surface area (Å²) in [5.41, 5.74) is 21.7. The van der Waals surface area contributed by atoms with Gasteiger partial charge < -0.3 is 9.47 Å². The Morgan fingerprint density at radius 3 is 1.36 bits per heavy atom. The number of nitrogens with zero attached hydrogens (tertiary/aromatic N) is 2. The zero-order valence-corrected chi connectivity index (χ0v) is 40.1. The molecule has 2 nitrogen and oxygen atoms in total. The molecule has 0 spiro atoms. The minimum absolute atomic E-state index is 0.259. The Morgan fingerprint density at radius 2 is 0.792 bits per heavy atom. The van der Waals surface area contributed by atoms with E-state index in [1.807, 2.05) is 12.1 Å². The van der Waals surface area contributed by atoms with Gasteiger partial charge in [0.1, 0.15) is 5.82 Å². The lowest BCUT2D eigenvalue weighted by Gasteiger charge is -2.28. The first kappa shape index (κ1) is 43.0. The zero-order chi connectivity index (χ0) is 48.3. The maximum absolute atomic E-state index is 14.6. The molecule has 0 amide bonds. The smallest absolute Gasteiger partial charge is 0.123 e. The molecule has 1 aromatic heterocycles. The lowest BCUT2D eigenvalue weighted by molar-refractivity contribution is 0.627. The molecule has 13 rings (SSSR count). The number of anilines is 3. The molecule has 3 heteroatoms. The first-order valence-corrected chi connectivity index (χ1v) is 24.8. The Bertz CT molecular complexity index is 3870. The molecule has 1 heterocycles. The van der Waals surface area contributed by atoms with Gasteiger partial charge in [0.2, 0.25) is 0 Å². The second-order valence-electron chi connectivity index (χ2n) is 19.4. The lowest BCUT2D eigenvalue weighted by Crippen LogP contribution is -2.16. The van der Waals surface area contributed by atoms with Gasteiger partial charge in [-0.15, -0.1) is 0 Å². The van der Waals surface area contributed by atoms with Crippen molar-refractivity contribution in [3.63, 3.8) is 0 Å². The minimum Gasteiger partial charge on any atom is -0.310 e. The highest BCUT2D eigenvalue weighted by atomic mass is 19.1. The normalized spacial score (nSPS) is 12.5. The van der Waals surface area contributed by atoms with Gasteiger partial charge in [-0.2, -0.15) is 0 Å². The fourth-order valence-electron chi connectivity index (χ4n) is 11.3. The topological polar surface area (TPSA) is 8.17 Å². The first-order valence-electron chi connectivity index (χ1n) is 24.8. The van der Waals surface area contributed by atoms with E-state index < -0.39 is 0 Å². The molecule has 11 aromatic carbocycles. The van der Waals surface area contributed by atoms with Crippen LogP contribution >= 0.6 is 0 Å². The van der Waals surface area contributed by atoms with Crippen molar-refractivity contribution >= 4 is 38.7 Å². The van der Waals surface area contributed by atoms with Crippen molar-refractivity contribution in [3.8, 4) is 72.6 Å².